The standard InChI is InChI=1S/C14H17NO2/c1-9(14(15)16)10-3-4-12-8-13(17-2)6-5-11(12)7-10/h3-9,14,16H,15H2,1-2H3. The van der Waals surface area contributed by atoms with Gasteiger partial charge in [-0.2, -0.15) is 0 Å². The predicted octanol–water partition coefficient (Wildman–Crippen LogP) is 2.23. The fraction of sp³-hybridized carbons (Fsp3) is 0.286. The third-order valence-electron chi connectivity index (χ3n) is 3.11. The Morgan fingerprint density at radius 2 is 1.76 bits per heavy atom. The average molecular weight is 231 g/mol. The lowest BCUT2D eigenvalue weighted by atomic mass is 9.96. The van der Waals surface area contributed by atoms with Crippen molar-refractivity contribution in [1.82, 2.24) is 0 Å². The molecule has 2 unspecified atom stereocenters. The Kier molecular flexibility index (Phi) is 3.31. The van der Waals surface area contributed by atoms with Crippen molar-refractivity contribution in [3.63, 3.8) is 0 Å². The average Bonchev–Trinajstić information content (AvgIpc) is 2.36. The Balaban J connectivity index is 2.44. The van der Waals surface area contributed by atoms with Crippen LogP contribution in [0.1, 0.15) is 18.4 Å². The summed E-state index contributed by atoms with van der Waals surface area (Å²) in [6.45, 7) is 1.91. The van der Waals surface area contributed by atoms with Crippen molar-refractivity contribution in [2.45, 2.75) is 19.1 Å². The molecule has 2 atom stereocenters. The van der Waals surface area contributed by atoms with Crippen LogP contribution in [0.3, 0.4) is 0 Å². The molecule has 3 heteroatoms. The van der Waals surface area contributed by atoms with E-state index in [0.29, 0.717) is 0 Å². The first-order valence-corrected chi connectivity index (χ1v) is 5.63. The molecule has 0 saturated carbocycles. The lowest BCUT2D eigenvalue weighted by Crippen LogP contribution is -2.25. The molecular formula is C14H17NO2. The Bertz CT molecular complexity index is 523. The number of hydrogen-bond donors (Lipinski definition) is 2. The molecule has 0 aliphatic carbocycles. The van der Waals surface area contributed by atoms with Crippen molar-refractivity contribution >= 4 is 10.8 Å². The normalized spacial score (nSPS) is 14.6. The summed E-state index contributed by atoms with van der Waals surface area (Å²) in [4.78, 5) is 0. The number of nitrogens with two attached hydrogens (primary N) is 1. The van der Waals surface area contributed by atoms with Gasteiger partial charge in [0.15, 0.2) is 0 Å². The quantitative estimate of drug-likeness (QED) is 0.796. The first kappa shape index (κ1) is 11.9. The highest BCUT2D eigenvalue weighted by molar-refractivity contribution is 5.84. The van der Waals surface area contributed by atoms with Gasteiger partial charge in [-0.1, -0.05) is 31.2 Å². The van der Waals surface area contributed by atoms with Crippen molar-refractivity contribution in [3.05, 3.63) is 42.0 Å². The van der Waals surface area contributed by atoms with E-state index < -0.39 is 6.23 Å². The van der Waals surface area contributed by atoms with Crippen LogP contribution in [0.5, 0.6) is 5.75 Å². The molecule has 3 N–H and O–H groups in total. The van der Waals surface area contributed by atoms with Gasteiger partial charge in [0.05, 0.1) is 7.11 Å². The second kappa shape index (κ2) is 4.73. The van der Waals surface area contributed by atoms with Crippen LogP contribution in [0.15, 0.2) is 36.4 Å². The van der Waals surface area contributed by atoms with E-state index >= 15 is 0 Å². The van der Waals surface area contributed by atoms with Gasteiger partial charge in [0.1, 0.15) is 12.0 Å². The van der Waals surface area contributed by atoms with Crippen LogP contribution in [0.2, 0.25) is 0 Å². The van der Waals surface area contributed by atoms with Crippen molar-refractivity contribution < 1.29 is 9.84 Å². The third kappa shape index (κ3) is 2.40. The molecule has 0 saturated heterocycles. The molecule has 0 aliphatic heterocycles. The van der Waals surface area contributed by atoms with E-state index in [1.54, 1.807) is 7.11 Å². The number of ether oxygens (including phenoxy) is 1. The summed E-state index contributed by atoms with van der Waals surface area (Å²) in [5, 5.41) is 11.6. The van der Waals surface area contributed by atoms with Gasteiger partial charge in [0, 0.05) is 5.92 Å². The van der Waals surface area contributed by atoms with Crippen molar-refractivity contribution in [2.24, 2.45) is 5.73 Å². The highest BCUT2D eigenvalue weighted by Crippen LogP contribution is 2.25. The summed E-state index contributed by atoms with van der Waals surface area (Å²) in [5.74, 6) is 0.777. The van der Waals surface area contributed by atoms with Gasteiger partial charge in [-0.05, 0) is 28.5 Å². The molecule has 2 aromatic rings. The number of benzene rings is 2. The van der Waals surface area contributed by atoms with Crippen molar-refractivity contribution in [2.75, 3.05) is 7.11 Å². The summed E-state index contributed by atoms with van der Waals surface area (Å²) >= 11 is 0. The Morgan fingerprint density at radius 3 is 2.41 bits per heavy atom. The van der Waals surface area contributed by atoms with E-state index in [4.69, 9.17) is 10.5 Å². The molecule has 0 heterocycles. The van der Waals surface area contributed by atoms with E-state index in [2.05, 4.69) is 6.07 Å². The number of aliphatic hydroxyl groups excluding tert-OH is 1. The molecule has 0 amide bonds. The fourth-order valence-electron chi connectivity index (χ4n) is 1.85. The van der Waals surface area contributed by atoms with Crippen molar-refractivity contribution in [3.8, 4) is 5.75 Å². The van der Waals surface area contributed by atoms with Gasteiger partial charge in [0.25, 0.3) is 0 Å². The van der Waals surface area contributed by atoms with Crippen LogP contribution >= 0.6 is 0 Å². The van der Waals surface area contributed by atoms with E-state index in [1.165, 1.54) is 0 Å². The maximum absolute atomic E-state index is 9.39. The van der Waals surface area contributed by atoms with Gasteiger partial charge < -0.3 is 15.6 Å². The second-order valence-electron chi connectivity index (χ2n) is 4.25. The van der Waals surface area contributed by atoms with Crippen LogP contribution in [0.25, 0.3) is 10.8 Å². The highest BCUT2D eigenvalue weighted by Gasteiger charge is 2.12. The Labute approximate surface area is 101 Å². The van der Waals surface area contributed by atoms with Crippen molar-refractivity contribution in [1.29, 1.82) is 0 Å². The minimum absolute atomic E-state index is 0.0681. The smallest absolute Gasteiger partial charge is 0.119 e. The zero-order valence-corrected chi connectivity index (χ0v) is 10.1. The molecule has 90 valence electrons. The first-order valence-electron chi connectivity index (χ1n) is 5.63. The first-order chi connectivity index (χ1) is 8.11. The molecule has 0 aliphatic rings. The topological polar surface area (TPSA) is 55.5 Å². The van der Waals surface area contributed by atoms with Crippen LogP contribution in [0, 0.1) is 0 Å². The molecule has 0 bridgehead atoms. The van der Waals surface area contributed by atoms with Gasteiger partial charge in [-0.15, -0.1) is 0 Å². The molecule has 0 fully saturated rings. The van der Waals surface area contributed by atoms with E-state index in [1.807, 2.05) is 37.3 Å². The maximum Gasteiger partial charge on any atom is 0.119 e. The number of hydrogen-bond acceptors (Lipinski definition) is 3. The Morgan fingerprint density at radius 1 is 1.12 bits per heavy atom. The van der Waals surface area contributed by atoms with Crippen LogP contribution in [-0.2, 0) is 0 Å². The summed E-state index contributed by atoms with van der Waals surface area (Å²) in [7, 11) is 1.66. The lowest BCUT2D eigenvalue weighted by molar-refractivity contribution is 0.157. The zero-order valence-electron chi connectivity index (χ0n) is 10.1. The number of rotatable bonds is 3. The molecule has 3 nitrogen and oxygen atoms in total. The number of aliphatic hydroxyl groups is 1. The monoisotopic (exact) mass is 231 g/mol. The van der Waals surface area contributed by atoms with Crippen LogP contribution < -0.4 is 10.5 Å². The molecule has 17 heavy (non-hydrogen) atoms. The zero-order chi connectivity index (χ0) is 12.4. The Hall–Kier alpha value is -1.58. The maximum atomic E-state index is 9.39. The molecule has 2 aromatic carbocycles. The van der Waals surface area contributed by atoms with Gasteiger partial charge in [0.2, 0.25) is 0 Å². The SMILES string of the molecule is COc1ccc2cc(C(C)C(N)O)ccc2c1. The number of methoxy groups -OCH3 is 1. The highest BCUT2D eigenvalue weighted by atomic mass is 16.5. The summed E-state index contributed by atoms with van der Waals surface area (Å²) < 4.78 is 5.18. The lowest BCUT2D eigenvalue weighted by Gasteiger charge is -2.15. The molecule has 0 spiro atoms. The summed E-state index contributed by atoms with van der Waals surface area (Å²) in [5.41, 5.74) is 6.53. The summed E-state index contributed by atoms with van der Waals surface area (Å²) in [6, 6.07) is 12.0. The third-order valence-corrected chi connectivity index (χ3v) is 3.11. The second-order valence-corrected chi connectivity index (χ2v) is 4.25. The molecular weight excluding hydrogens is 214 g/mol. The van der Waals surface area contributed by atoms with Gasteiger partial charge in [-0.25, -0.2) is 0 Å². The molecule has 2 rings (SSSR count). The summed E-state index contributed by atoms with van der Waals surface area (Å²) in [6.07, 6.45) is -0.828. The van der Waals surface area contributed by atoms with E-state index in [0.717, 1.165) is 22.1 Å². The minimum atomic E-state index is -0.828. The van der Waals surface area contributed by atoms with Gasteiger partial charge >= 0.3 is 0 Å². The van der Waals surface area contributed by atoms with E-state index in [-0.39, 0.29) is 5.92 Å². The van der Waals surface area contributed by atoms with Gasteiger partial charge in [-0.3, -0.25) is 0 Å². The predicted molar refractivity (Wildman–Crippen MR) is 69.1 cm³/mol. The van der Waals surface area contributed by atoms with E-state index in [9.17, 15) is 5.11 Å². The largest absolute Gasteiger partial charge is 0.497 e. The molecule has 0 aromatic heterocycles. The minimum Gasteiger partial charge on any atom is -0.497 e. The van der Waals surface area contributed by atoms with Crippen LogP contribution in [0.4, 0.5) is 0 Å². The molecule has 0 radical (unpaired) electrons. The van der Waals surface area contributed by atoms with Crippen LogP contribution in [-0.4, -0.2) is 18.4 Å². The fourth-order valence-corrected chi connectivity index (χ4v) is 1.85. The number of fused-ring (bicyclic) bond motifs is 1.